The van der Waals surface area contributed by atoms with E-state index in [2.05, 4.69) is 52.8 Å². The summed E-state index contributed by atoms with van der Waals surface area (Å²) in [6.07, 6.45) is 3.84. The van der Waals surface area contributed by atoms with Crippen molar-refractivity contribution in [2.45, 2.75) is 20.0 Å². The number of benzene rings is 3. The summed E-state index contributed by atoms with van der Waals surface area (Å²) in [6, 6.07) is 23.1. The van der Waals surface area contributed by atoms with Crippen molar-refractivity contribution in [1.29, 1.82) is 0 Å². The Kier molecular flexibility index (Phi) is 6.26. The van der Waals surface area contributed by atoms with Crippen LogP contribution >= 0.6 is 0 Å². The Morgan fingerprint density at radius 1 is 0.800 bits per heavy atom. The van der Waals surface area contributed by atoms with Crippen LogP contribution in [0.4, 0.5) is 0 Å². The molecule has 0 fully saturated rings. The number of hydrogen-bond acceptors (Lipinski definition) is 3. The molecule has 3 aromatic carbocycles. The fraction of sp³-hybridized carbons (Fsp3) is 0.192. The minimum atomic E-state index is 0.676. The number of fused-ring (bicyclic) bond motifs is 1. The molecule has 1 heterocycles. The van der Waals surface area contributed by atoms with Crippen molar-refractivity contribution in [3.63, 3.8) is 0 Å². The van der Waals surface area contributed by atoms with E-state index in [0.717, 1.165) is 24.6 Å². The van der Waals surface area contributed by atoms with Crippen LogP contribution in [0.3, 0.4) is 0 Å². The van der Waals surface area contributed by atoms with Gasteiger partial charge in [0.1, 0.15) is 24.6 Å². The van der Waals surface area contributed by atoms with Gasteiger partial charge in [-0.05, 0) is 65.9 Å². The van der Waals surface area contributed by atoms with Gasteiger partial charge in [-0.2, -0.15) is 0 Å². The third-order valence-electron chi connectivity index (χ3n) is 5.29. The van der Waals surface area contributed by atoms with Crippen LogP contribution in [0, 0.1) is 0 Å². The number of nitrogens with zero attached hydrogens (tertiary/aromatic N) is 1. The predicted octanol–water partition coefficient (Wildman–Crippen LogP) is 4.57. The molecular formula is C26H27N2O2+. The lowest BCUT2D eigenvalue weighted by Crippen LogP contribution is -2.80. The maximum absolute atomic E-state index is 5.58. The molecule has 0 bridgehead atoms. The first-order valence-electron chi connectivity index (χ1n) is 10.3. The topological polar surface area (TPSA) is 48.0 Å². The van der Waals surface area contributed by atoms with E-state index in [4.69, 9.17) is 9.47 Å². The first-order valence-corrected chi connectivity index (χ1v) is 10.3. The monoisotopic (exact) mass is 399 g/mol. The standard InChI is InChI=1S/C26H26N2O2/c1-3-30-23-11-6-20(7-12-23)24-13-8-21(26-18-27-15-14-25(24)26)17-28-16-19-4-9-22(29-2)10-5-19/h4-15,18,28H,3,16-17H2,1-2H3/p+1. The van der Waals surface area contributed by atoms with Gasteiger partial charge in [-0.1, -0.05) is 24.3 Å². The molecule has 0 saturated carbocycles. The number of quaternary nitrogens is 1. The zero-order valence-corrected chi connectivity index (χ0v) is 17.5. The second kappa shape index (κ2) is 9.42. The molecule has 0 atom stereocenters. The minimum Gasteiger partial charge on any atom is -0.497 e. The van der Waals surface area contributed by atoms with Crippen LogP contribution in [0.1, 0.15) is 18.1 Å². The first kappa shape index (κ1) is 19.9. The lowest BCUT2D eigenvalue weighted by molar-refractivity contribution is -0.686. The van der Waals surface area contributed by atoms with Gasteiger partial charge in [0.05, 0.1) is 13.7 Å². The molecule has 1 aromatic heterocycles. The van der Waals surface area contributed by atoms with E-state index in [-0.39, 0.29) is 0 Å². The van der Waals surface area contributed by atoms with Crippen molar-refractivity contribution in [3.05, 3.63) is 90.3 Å². The smallest absolute Gasteiger partial charge is 0.119 e. The molecule has 0 aliphatic heterocycles. The summed E-state index contributed by atoms with van der Waals surface area (Å²) in [6.45, 7) is 4.50. The maximum atomic E-state index is 5.58. The Labute approximate surface area is 177 Å². The lowest BCUT2D eigenvalue weighted by atomic mass is 9.96. The number of ether oxygens (including phenoxy) is 2. The van der Waals surface area contributed by atoms with Crippen LogP contribution in [0.2, 0.25) is 0 Å². The molecule has 0 aliphatic rings. The Morgan fingerprint density at radius 3 is 2.30 bits per heavy atom. The van der Waals surface area contributed by atoms with Gasteiger partial charge in [-0.3, -0.25) is 4.98 Å². The summed E-state index contributed by atoms with van der Waals surface area (Å²) in [5, 5.41) is 4.75. The number of hydrogen-bond donors (Lipinski definition) is 1. The number of pyridine rings is 1. The largest absolute Gasteiger partial charge is 0.497 e. The highest BCUT2D eigenvalue weighted by atomic mass is 16.5. The van der Waals surface area contributed by atoms with Crippen LogP contribution in [0.15, 0.2) is 79.1 Å². The summed E-state index contributed by atoms with van der Waals surface area (Å²) in [4.78, 5) is 4.38. The highest BCUT2D eigenvalue weighted by Gasteiger charge is 2.10. The third-order valence-corrected chi connectivity index (χ3v) is 5.29. The van der Waals surface area contributed by atoms with Gasteiger partial charge in [0.25, 0.3) is 0 Å². The third kappa shape index (κ3) is 4.44. The van der Waals surface area contributed by atoms with E-state index < -0.39 is 0 Å². The van der Waals surface area contributed by atoms with Gasteiger partial charge < -0.3 is 14.8 Å². The van der Waals surface area contributed by atoms with Crippen LogP contribution in [0.5, 0.6) is 11.5 Å². The number of methoxy groups -OCH3 is 1. The SMILES string of the molecule is CCOc1ccc(-c2ccc(C[NH2+]Cc3ccc(OC)cc3)c3cnccc23)cc1. The molecule has 4 aromatic rings. The molecule has 4 heteroatoms. The van der Waals surface area contributed by atoms with Gasteiger partial charge in [0, 0.05) is 28.9 Å². The van der Waals surface area contributed by atoms with Gasteiger partial charge in [0.15, 0.2) is 0 Å². The lowest BCUT2D eigenvalue weighted by Gasteiger charge is -2.12. The summed E-state index contributed by atoms with van der Waals surface area (Å²) in [5.41, 5.74) is 4.98. The van der Waals surface area contributed by atoms with Gasteiger partial charge in [-0.25, -0.2) is 0 Å². The molecule has 0 saturated heterocycles. The van der Waals surface area contributed by atoms with Crippen molar-refractivity contribution in [1.82, 2.24) is 4.98 Å². The normalized spacial score (nSPS) is 10.9. The second-order valence-corrected chi connectivity index (χ2v) is 7.20. The minimum absolute atomic E-state index is 0.676. The Morgan fingerprint density at radius 2 is 1.57 bits per heavy atom. The average molecular weight is 400 g/mol. The van der Waals surface area contributed by atoms with Crippen molar-refractivity contribution in [2.24, 2.45) is 0 Å². The maximum Gasteiger partial charge on any atom is 0.119 e. The Hall–Kier alpha value is -3.37. The summed E-state index contributed by atoms with van der Waals surface area (Å²) in [5.74, 6) is 1.79. The quantitative estimate of drug-likeness (QED) is 0.472. The van der Waals surface area contributed by atoms with Gasteiger partial charge >= 0.3 is 0 Å². The molecule has 0 radical (unpaired) electrons. The number of rotatable bonds is 8. The molecule has 0 amide bonds. The molecule has 2 N–H and O–H groups in total. The zero-order valence-electron chi connectivity index (χ0n) is 17.5. The van der Waals surface area contributed by atoms with Gasteiger partial charge in [-0.15, -0.1) is 0 Å². The number of nitrogens with two attached hydrogens (primary N) is 1. The van der Waals surface area contributed by atoms with E-state index >= 15 is 0 Å². The van der Waals surface area contributed by atoms with Crippen LogP contribution in [-0.2, 0) is 13.1 Å². The van der Waals surface area contributed by atoms with E-state index in [1.54, 1.807) is 7.11 Å². The van der Waals surface area contributed by atoms with Crippen LogP contribution in [0.25, 0.3) is 21.9 Å². The molecule has 152 valence electrons. The molecular weight excluding hydrogens is 372 g/mol. The average Bonchev–Trinajstić information content (AvgIpc) is 2.80. The second-order valence-electron chi connectivity index (χ2n) is 7.20. The summed E-state index contributed by atoms with van der Waals surface area (Å²) in [7, 11) is 1.69. The van der Waals surface area contributed by atoms with E-state index in [1.165, 1.54) is 33.0 Å². The van der Waals surface area contributed by atoms with Crippen molar-refractivity contribution < 1.29 is 14.8 Å². The Balaban J connectivity index is 1.54. The fourth-order valence-electron chi connectivity index (χ4n) is 3.73. The first-order chi connectivity index (χ1) is 14.8. The molecule has 4 rings (SSSR count). The predicted molar refractivity (Wildman–Crippen MR) is 121 cm³/mol. The molecule has 4 nitrogen and oxygen atoms in total. The highest BCUT2D eigenvalue weighted by Crippen LogP contribution is 2.31. The number of aromatic nitrogens is 1. The summed E-state index contributed by atoms with van der Waals surface area (Å²) >= 11 is 0. The molecule has 0 spiro atoms. The van der Waals surface area contributed by atoms with Gasteiger partial charge in [0.2, 0.25) is 0 Å². The Bertz CT molecular complexity index is 1110. The molecule has 0 unspecified atom stereocenters. The van der Waals surface area contributed by atoms with Crippen LogP contribution < -0.4 is 14.8 Å². The van der Waals surface area contributed by atoms with E-state index in [9.17, 15) is 0 Å². The molecule has 30 heavy (non-hydrogen) atoms. The van der Waals surface area contributed by atoms with Crippen molar-refractivity contribution in [3.8, 4) is 22.6 Å². The van der Waals surface area contributed by atoms with Crippen molar-refractivity contribution >= 4 is 10.8 Å². The zero-order chi connectivity index (χ0) is 20.8. The molecule has 0 aliphatic carbocycles. The summed E-state index contributed by atoms with van der Waals surface area (Å²) < 4.78 is 10.8. The fourth-order valence-corrected chi connectivity index (χ4v) is 3.73. The van der Waals surface area contributed by atoms with E-state index in [1.807, 2.05) is 43.6 Å². The highest BCUT2D eigenvalue weighted by molar-refractivity contribution is 5.98. The van der Waals surface area contributed by atoms with Crippen LogP contribution in [-0.4, -0.2) is 18.7 Å². The van der Waals surface area contributed by atoms with E-state index in [0.29, 0.717) is 6.61 Å². The van der Waals surface area contributed by atoms with Crippen molar-refractivity contribution in [2.75, 3.05) is 13.7 Å².